The summed E-state index contributed by atoms with van der Waals surface area (Å²) in [6, 6.07) is 8.15. The lowest BCUT2D eigenvalue weighted by Crippen LogP contribution is -2.17. The molecule has 0 bridgehead atoms. The van der Waals surface area contributed by atoms with Crippen LogP contribution in [0.15, 0.2) is 24.3 Å². The summed E-state index contributed by atoms with van der Waals surface area (Å²) in [7, 11) is 5.26. The maximum atomic E-state index is 5.39. The van der Waals surface area contributed by atoms with E-state index in [0.29, 0.717) is 0 Å². The van der Waals surface area contributed by atoms with Gasteiger partial charge in [0.1, 0.15) is 5.75 Å². The van der Waals surface area contributed by atoms with Crippen molar-refractivity contribution < 1.29 is 9.47 Å². The fourth-order valence-corrected chi connectivity index (χ4v) is 2.41. The summed E-state index contributed by atoms with van der Waals surface area (Å²) in [4.78, 5) is 0. The largest absolute Gasteiger partial charge is 0.497 e. The first kappa shape index (κ1) is 15.4. The highest BCUT2D eigenvalue weighted by molar-refractivity contribution is 5.31. The summed E-state index contributed by atoms with van der Waals surface area (Å²) in [6.45, 7) is 3.65. The van der Waals surface area contributed by atoms with Crippen molar-refractivity contribution in [1.82, 2.24) is 15.1 Å². The number of benzene rings is 1. The highest BCUT2D eigenvalue weighted by atomic mass is 16.5. The second-order valence-corrected chi connectivity index (χ2v) is 4.98. The van der Waals surface area contributed by atoms with Gasteiger partial charge in [-0.2, -0.15) is 5.10 Å². The van der Waals surface area contributed by atoms with E-state index in [-0.39, 0.29) is 0 Å². The Kier molecular flexibility index (Phi) is 5.22. The lowest BCUT2D eigenvalue weighted by Gasteiger charge is -2.08. The molecular weight excluding hydrogens is 266 g/mol. The third-order valence-corrected chi connectivity index (χ3v) is 3.51. The Morgan fingerprint density at radius 3 is 2.76 bits per heavy atom. The topological polar surface area (TPSA) is 48.3 Å². The van der Waals surface area contributed by atoms with Gasteiger partial charge in [0.15, 0.2) is 0 Å². The average Bonchev–Trinajstić information content (AvgIpc) is 2.77. The summed E-state index contributed by atoms with van der Waals surface area (Å²) in [5.41, 5.74) is 3.38. The smallest absolute Gasteiger partial charge is 0.216 e. The SMILES string of the molecule is COc1cccc(CCNCc2c(C)nn(C)c2OC)c1. The Labute approximate surface area is 125 Å². The molecule has 0 saturated heterocycles. The quantitative estimate of drug-likeness (QED) is 0.793. The standard InChI is InChI=1S/C16H23N3O2/c1-12-15(16(21-4)19(2)18-12)11-17-9-8-13-6-5-7-14(10-13)20-3/h5-7,10,17H,8-9,11H2,1-4H3. The number of aryl methyl sites for hydroxylation is 2. The Balaban J connectivity index is 1.87. The van der Waals surface area contributed by atoms with Gasteiger partial charge >= 0.3 is 0 Å². The number of nitrogens with zero attached hydrogens (tertiary/aromatic N) is 2. The van der Waals surface area contributed by atoms with Crippen molar-refractivity contribution in [2.45, 2.75) is 19.9 Å². The fraction of sp³-hybridized carbons (Fsp3) is 0.438. The zero-order chi connectivity index (χ0) is 15.2. The van der Waals surface area contributed by atoms with E-state index < -0.39 is 0 Å². The molecule has 0 fully saturated rings. The zero-order valence-corrected chi connectivity index (χ0v) is 13.1. The normalized spacial score (nSPS) is 10.7. The molecule has 5 heteroatoms. The zero-order valence-electron chi connectivity index (χ0n) is 13.1. The van der Waals surface area contributed by atoms with Crippen molar-refractivity contribution in [3.8, 4) is 11.6 Å². The Hall–Kier alpha value is -2.01. The number of nitrogens with one attached hydrogen (secondary N) is 1. The molecule has 0 aliphatic rings. The molecule has 1 aromatic heterocycles. The average molecular weight is 289 g/mol. The number of hydrogen-bond donors (Lipinski definition) is 1. The van der Waals surface area contributed by atoms with Gasteiger partial charge in [-0.15, -0.1) is 0 Å². The van der Waals surface area contributed by atoms with Gasteiger partial charge in [-0.3, -0.25) is 0 Å². The molecule has 5 nitrogen and oxygen atoms in total. The van der Waals surface area contributed by atoms with Crippen LogP contribution >= 0.6 is 0 Å². The van der Waals surface area contributed by atoms with Crippen molar-refractivity contribution >= 4 is 0 Å². The molecule has 0 unspecified atom stereocenters. The van der Waals surface area contributed by atoms with Crippen LogP contribution in [-0.4, -0.2) is 30.5 Å². The second kappa shape index (κ2) is 7.13. The van der Waals surface area contributed by atoms with E-state index in [1.54, 1.807) is 18.9 Å². The Morgan fingerprint density at radius 2 is 2.05 bits per heavy atom. The molecule has 1 aromatic carbocycles. The van der Waals surface area contributed by atoms with Gasteiger partial charge in [-0.1, -0.05) is 12.1 Å². The van der Waals surface area contributed by atoms with E-state index in [4.69, 9.17) is 9.47 Å². The van der Waals surface area contributed by atoms with Crippen LogP contribution in [0.3, 0.4) is 0 Å². The minimum Gasteiger partial charge on any atom is -0.497 e. The van der Waals surface area contributed by atoms with Crippen LogP contribution in [0.1, 0.15) is 16.8 Å². The first-order valence-corrected chi connectivity index (χ1v) is 7.05. The van der Waals surface area contributed by atoms with Gasteiger partial charge in [-0.25, -0.2) is 4.68 Å². The van der Waals surface area contributed by atoms with Gasteiger partial charge in [0.05, 0.1) is 25.5 Å². The molecule has 0 spiro atoms. The van der Waals surface area contributed by atoms with Gasteiger partial charge in [0, 0.05) is 13.6 Å². The van der Waals surface area contributed by atoms with Crippen LogP contribution in [0.2, 0.25) is 0 Å². The molecule has 0 atom stereocenters. The molecule has 0 radical (unpaired) electrons. The highest BCUT2D eigenvalue weighted by Crippen LogP contribution is 2.20. The molecule has 114 valence electrons. The summed E-state index contributed by atoms with van der Waals surface area (Å²) in [5, 5.41) is 7.82. The lowest BCUT2D eigenvalue weighted by atomic mass is 10.1. The van der Waals surface area contributed by atoms with Crippen molar-refractivity contribution in [1.29, 1.82) is 0 Å². The monoisotopic (exact) mass is 289 g/mol. The number of rotatable bonds is 7. The molecule has 21 heavy (non-hydrogen) atoms. The van der Waals surface area contributed by atoms with Crippen molar-refractivity contribution in [2.24, 2.45) is 7.05 Å². The van der Waals surface area contributed by atoms with Gasteiger partial charge in [-0.05, 0) is 37.6 Å². The molecule has 0 aliphatic heterocycles. The first-order valence-electron chi connectivity index (χ1n) is 7.05. The highest BCUT2D eigenvalue weighted by Gasteiger charge is 2.12. The molecule has 2 rings (SSSR count). The first-order chi connectivity index (χ1) is 10.2. The molecule has 1 heterocycles. The van der Waals surface area contributed by atoms with E-state index in [2.05, 4.69) is 22.5 Å². The van der Waals surface area contributed by atoms with Crippen LogP contribution in [0, 0.1) is 6.92 Å². The second-order valence-electron chi connectivity index (χ2n) is 4.98. The third kappa shape index (κ3) is 3.76. The van der Waals surface area contributed by atoms with Crippen molar-refractivity contribution in [3.63, 3.8) is 0 Å². The van der Waals surface area contributed by atoms with Crippen molar-refractivity contribution in [2.75, 3.05) is 20.8 Å². The Morgan fingerprint density at radius 1 is 1.24 bits per heavy atom. The van der Waals surface area contributed by atoms with Crippen LogP contribution in [0.4, 0.5) is 0 Å². The van der Waals surface area contributed by atoms with Crippen molar-refractivity contribution in [3.05, 3.63) is 41.1 Å². The number of methoxy groups -OCH3 is 2. The molecular formula is C16H23N3O2. The van der Waals surface area contributed by atoms with Crippen LogP contribution in [-0.2, 0) is 20.0 Å². The van der Waals surface area contributed by atoms with Gasteiger partial charge in [0.25, 0.3) is 0 Å². The Bertz CT molecular complexity index is 593. The molecule has 2 aromatic rings. The summed E-state index contributed by atoms with van der Waals surface area (Å²) in [5.74, 6) is 1.72. The predicted molar refractivity (Wildman–Crippen MR) is 82.9 cm³/mol. The maximum absolute atomic E-state index is 5.39. The van der Waals surface area contributed by atoms with E-state index in [9.17, 15) is 0 Å². The molecule has 1 N–H and O–H groups in total. The number of ether oxygens (including phenoxy) is 2. The van der Waals surface area contributed by atoms with E-state index in [1.807, 2.05) is 26.1 Å². The van der Waals surface area contributed by atoms with Crippen LogP contribution in [0.25, 0.3) is 0 Å². The third-order valence-electron chi connectivity index (χ3n) is 3.51. The van der Waals surface area contributed by atoms with Crippen LogP contribution in [0.5, 0.6) is 11.6 Å². The summed E-state index contributed by atoms with van der Waals surface area (Å²) >= 11 is 0. The number of hydrogen-bond acceptors (Lipinski definition) is 4. The van der Waals surface area contributed by atoms with E-state index in [0.717, 1.165) is 42.4 Å². The fourth-order valence-electron chi connectivity index (χ4n) is 2.41. The molecule has 0 aliphatic carbocycles. The minimum absolute atomic E-state index is 0.757. The lowest BCUT2D eigenvalue weighted by molar-refractivity contribution is 0.368. The van der Waals surface area contributed by atoms with Gasteiger partial charge < -0.3 is 14.8 Å². The summed E-state index contributed by atoms with van der Waals surface area (Å²) < 4.78 is 12.4. The maximum Gasteiger partial charge on any atom is 0.216 e. The minimum atomic E-state index is 0.757. The summed E-state index contributed by atoms with van der Waals surface area (Å²) in [6.07, 6.45) is 0.957. The van der Waals surface area contributed by atoms with Gasteiger partial charge in [0.2, 0.25) is 5.88 Å². The van der Waals surface area contributed by atoms with E-state index >= 15 is 0 Å². The number of aromatic nitrogens is 2. The molecule has 0 amide bonds. The van der Waals surface area contributed by atoms with Crippen LogP contribution < -0.4 is 14.8 Å². The van der Waals surface area contributed by atoms with E-state index in [1.165, 1.54) is 5.56 Å². The predicted octanol–water partition coefficient (Wildman–Crippen LogP) is 2.08. The molecule has 0 saturated carbocycles.